The van der Waals surface area contributed by atoms with Crippen molar-refractivity contribution in [3.8, 4) is 5.75 Å². The highest BCUT2D eigenvalue weighted by atomic mass is 19.1. The van der Waals surface area contributed by atoms with Crippen molar-refractivity contribution in [2.75, 3.05) is 5.32 Å². The zero-order chi connectivity index (χ0) is 15.6. The van der Waals surface area contributed by atoms with Gasteiger partial charge in [0.25, 0.3) is 5.91 Å². The van der Waals surface area contributed by atoms with E-state index in [1.807, 2.05) is 0 Å². The van der Waals surface area contributed by atoms with Gasteiger partial charge >= 0.3 is 5.97 Å². The van der Waals surface area contributed by atoms with E-state index >= 15 is 0 Å². The molecule has 108 valence electrons. The Balaban J connectivity index is 2.31. The number of carboxylic acids is 1. The van der Waals surface area contributed by atoms with E-state index in [2.05, 4.69) is 5.32 Å². The molecule has 0 heterocycles. The third-order valence-corrected chi connectivity index (χ3v) is 2.90. The standard InChI is InChI=1S/C15H12FNO4/c1-8-6-9(2-4-12(8)16)14(19)17-13-5-3-10(18)7-11(13)15(20)21/h2-7,18H,1H3,(H,17,19)(H,20,21). The van der Waals surface area contributed by atoms with Crippen molar-refractivity contribution in [1.82, 2.24) is 0 Å². The third-order valence-electron chi connectivity index (χ3n) is 2.90. The molecule has 0 atom stereocenters. The molecule has 21 heavy (non-hydrogen) atoms. The molecule has 0 fully saturated rings. The molecule has 0 saturated heterocycles. The average molecular weight is 289 g/mol. The molecule has 2 aromatic carbocycles. The summed E-state index contributed by atoms with van der Waals surface area (Å²) in [6.07, 6.45) is 0. The van der Waals surface area contributed by atoms with Gasteiger partial charge in [0.2, 0.25) is 0 Å². The van der Waals surface area contributed by atoms with Gasteiger partial charge in [-0.3, -0.25) is 4.79 Å². The number of hydrogen-bond acceptors (Lipinski definition) is 3. The van der Waals surface area contributed by atoms with Gasteiger partial charge in [-0.25, -0.2) is 9.18 Å². The molecule has 0 aliphatic rings. The number of aromatic carboxylic acids is 1. The molecule has 1 amide bonds. The molecule has 0 bridgehead atoms. The van der Waals surface area contributed by atoms with Gasteiger partial charge < -0.3 is 15.5 Å². The Morgan fingerprint density at radius 2 is 1.86 bits per heavy atom. The van der Waals surface area contributed by atoms with Crippen LogP contribution in [0.3, 0.4) is 0 Å². The molecule has 2 aromatic rings. The van der Waals surface area contributed by atoms with Gasteiger partial charge in [0.15, 0.2) is 0 Å². The highest BCUT2D eigenvalue weighted by Gasteiger charge is 2.15. The van der Waals surface area contributed by atoms with Crippen LogP contribution in [0.2, 0.25) is 0 Å². The molecule has 0 spiro atoms. The van der Waals surface area contributed by atoms with Gasteiger partial charge in [-0.05, 0) is 48.9 Å². The summed E-state index contributed by atoms with van der Waals surface area (Å²) in [5.74, 6) is -2.49. The Bertz CT molecular complexity index is 728. The fourth-order valence-corrected chi connectivity index (χ4v) is 1.80. The number of aryl methyl sites for hydroxylation is 1. The number of amides is 1. The predicted molar refractivity (Wildman–Crippen MR) is 74.2 cm³/mol. The third kappa shape index (κ3) is 3.17. The first-order valence-electron chi connectivity index (χ1n) is 6.02. The first kappa shape index (κ1) is 14.5. The molecule has 0 saturated carbocycles. The van der Waals surface area contributed by atoms with E-state index in [9.17, 15) is 19.1 Å². The lowest BCUT2D eigenvalue weighted by molar-refractivity contribution is 0.0697. The fourth-order valence-electron chi connectivity index (χ4n) is 1.80. The number of hydrogen-bond donors (Lipinski definition) is 3. The highest BCUT2D eigenvalue weighted by molar-refractivity contribution is 6.07. The molecule has 0 aliphatic heterocycles. The number of phenolic OH excluding ortho intramolecular Hbond substituents is 1. The second kappa shape index (κ2) is 5.62. The van der Waals surface area contributed by atoms with Gasteiger partial charge in [0.05, 0.1) is 11.3 Å². The zero-order valence-electron chi connectivity index (χ0n) is 11.1. The summed E-state index contributed by atoms with van der Waals surface area (Å²) in [4.78, 5) is 23.1. The van der Waals surface area contributed by atoms with Crippen LogP contribution in [0.15, 0.2) is 36.4 Å². The molecule has 5 nitrogen and oxygen atoms in total. The quantitative estimate of drug-likeness (QED) is 0.758. The number of nitrogens with one attached hydrogen (secondary N) is 1. The molecule has 3 N–H and O–H groups in total. The lowest BCUT2D eigenvalue weighted by Crippen LogP contribution is -2.15. The maximum absolute atomic E-state index is 13.2. The summed E-state index contributed by atoms with van der Waals surface area (Å²) in [5, 5.41) is 20.8. The molecule has 0 aliphatic carbocycles. The number of carbonyl (C=O) groups is 2. The minimum Gasteiger partial charge on any atom is -0.508 e. The number of carbonyl (C=O) groups excluding carboxylic acids is 1. The van der Waals surface area contributed by atoms with Crippen molar-refractivity contribution < 1.29 is 24.2 Å². The predicted octanol–water partition coefficient (Wildman–Crippen LogP) is 2.79. The Morgan fingerprint density at radius 1 is 1.14 bits per heavy atom. The number of phenols is 1. The van der Waals surface area contributed by atoms with Crippen molar-refractivity contribution >= 4 is 17.6 Å². The number of aromatic hydroxyl groups is 1. The molecule has 2 rings (SSSR count). The number of halogens is 1. The van der Waals surface area contributed by atoms with E-state index in [0.29, 0.717) is 5.56 Å². The zero-order valence-corrected chi connectivity index (χ0v) is 11.1. The van der Waals surface area contributed by atoms with Gasteiger partial charge in [-0.2, -0.15) is 0 Å². The molecule has 0 aromatic heterocycles. The van der Waals surface area contributed by atoms with Crippen molar-refractivity contribution in [2.24, 2.45) is 0 Å². The van der Waals surface area contributed by atoms with Crippen LogP contribution >= 0.6 is 0 Å². The second-order valence-electron chi connectivity index (χ2n) is 4.45. The number of benzene rings is 2. The van der Waals surface area contributed by atoms with Crippen LogP contribution in [0.4, 0.5) is 10.1 Å². The van der Waals surface area contributed by atoms with E-state index in [1.54, 1.807) is 0 Å². The summed E-state index contributed by atoms with van der Waals surface area (Å²) in [6, 6.07) is 7.42. The van der Waals surface area contributed by atoms with Crippen molar-refractivity contribution in [2.45, 2.75) is 6.92 Å². The average Bonchev–Trinajstić information content (AvgIpc) is 2.43. The highest BCUT2D eigenvalue weighted by Crippen LogP contribution is 2.22. The first-order valence-corrected chi connectivity index (χ1v) is 6.02. The normalized spacial score (nSPS) is 10.2. The van der Waals surface area contributed by atoms with Gasteiger partial charge in [-0.1, -0.05) is 0 Å². The maximum Gasteiger partial charge on any atom is 0.337 e. The smallest absolute Gasteiger partial charge is 0.337 e. The minimum absolute atomic E-state index is 0.0484. The fraction of sp³-hybridized carbons (Fsp3) is 0.0667. The monoisotopic (exact) mass is 289 g/mol. The van der Waals surface area contributed by atoms with Crippen LogP contribution < -0.4 is 5.32 Å². The number of carboxylic acid groups (broad SMARTS) is 1. The number of rotatable bonds is 3. The largest absolute Gasteiger partial charge is 0.508 e. The van der Waals surface area contributed by atoms with Gasteiger partial charge in [0, 0.05) is 5.56 Å². The Morgan fingerprint density at radius 3 is 2.48 bits per heavy atom. The Labute approximate surface area is 119 Å². The maximum atomic E-state index is 13.2. The van der Waals surface area contributed by atoms with Crippen LogP contribution in [0.25, 0.3) is 0 Å². The van der Waals surface area contributed by atoms with E-state index in [-0.39, 0.29) is 22.6 Å². The summed E-state index contributed by atoms with van der Waals surface area (Å²) in [5.41, 5.74) is 0.333. The molecular weight excluding hydrogens is 277 g/mol. The topological polar surface area (TPSA) is 86.6 Å². The Hall–Kier alpha value is -2.89. The van der Waals surface area contributed by atoms with E-state index in [1.165, 1.54) is 37.3 Å². The lowest BCUT2D eigenvalue weighted by Gasteiger charge is -2.09. The second-order valence-corrected chi connectivity index (χ2v) is 4.45. The number of anilines is 1. The van der Waals surface area contributed by atoms with E-state index in [4.69, 9.17) is 5.11 Å². The van der Waals surface area contributed by atoms with Crippen molar-refractivity contribution in [1.29, 1.82) is 0 Å². The Kier molecular flexibility index (Phi) is 3.89. The summed E-state index contributed by atoms with van der Waals surface area (Å²) in [7, 11) is 0. The summed E-state index contributed by atoms with van der Waals surface area (Å²) in [6.45, 7) is 1.52. The van der Waals surface area contributed by atoms with Crippen LogP contribution in [0, 0.1) is 12.7 Å². The minimum atomic E-state index is -1.28. The van der Waals surface area contributed by atoms with Crippen LogP contribution in [0.5, 0.6) is 5.75 Å². The molecule has 6 heteroatoms. The van der Waals surface area contributed by atoms with Crippen molar-refractivity contribution in [3.63, 3.8) is 0 Å². The SMILES string of the molecule is Cc1cc(C(=O)Nc2ccc(O)cc2C(=O)O)ccc1F. The van der Waals surface area contributed by atoms with Crippen molar-refractivity contribution in [3.05, 3.63) is 58.9 Å². The van der Waals surface area contributed by atoms with Gasteiger partial charge in [0.1, 0.15) is 11.6 Å². The van der Waals surface area contributed by atoms with Crippen LogP contribution in [0.1, 0.15) is 26.3 Å². The lowest BCUT2D eigenvalue weighted by atomic mass is 10.1. The van der Waals surface area contributed by atoms with Crippen LogP contribution in [-0.4, -0.2) is 22.1 Å². The van der Waals surface area contributed by atoms with Gasteiger partial charge in [-0.15, -0.1) is 0 Å². The summed E-state index contributed by atoms with van der Waals surface area (Å²) < 4.78 is 13.2. The molecule has 0 radical (unpaired) electrons. The molecule has 0 unspecified atom stereocenters. The van der Waals surface area contributed by atoms with E-state index in [0.717, 1.165) is 6.07 Å². The van der Waals surface area contributed by atoms with E-state index < -0.39 is 17.7 Å². The summed E-state index contributed by atoms with van der Waals surface area (Å²) >= 11 is 0. The van der Waals surface area contributed by atoms with Crippen LogP contribution in [-0.2, 0) is 0 Å². The molecular formula is C15H12FNO4. The first-order chi connectivity index (χ1) is 9.88.